The van der Waals surface area contributed by atoms with Crippen molar-refractivity contribution in [1.82, 2.24) is 14.8 Å². The summed E-state index contributed by atoms with van der Waals surface area (Å²) in [6.45, 7) is 12.1. The van der Waals surface area contributed by atoms with Crippen molar-refractivity contribution in [3.05, 3.63) is 105 Å². The van der Waals surface area contributed by atoms with Gasteiger partial charge in [0, 0.05) is 42.7 Å². The maximum Gasteiger partial charge on any atom is 0.142 e. The number of benzene rings is 3. The number of halogens is 1. The van der Waals surface area contributed by atoms with E-state index in [2.05, 4.69) is 71.1 Å². The van der Waals surface area contributed by atoms with Crippen LogP contribution in [0.1, 0.15) is 71.9 Å². The number of nitriles is 1. The highest BCUT2D eigenvalue weighted by Crippen LogP contribution is 2.37. The van der Waals surface area contributed by atoms with E-state index in [0.29, 0.717) is 22.9 Å². The van der Waals surface area contributed by atoms with Gasteiger partial charge in [0.2, 0.25) is 0 Å². The second-order valence-electron chi connectivity index (χ2n) is 13.3. The maximum absolute atomic E-state index is 9.32. The molecule has 0 unspecified atom stereocenters. The van der Waals surface area contributed by atoms with Crippen molar-refractivity contribution in [2.24, 2.45) is 0 Å². The van der Waals surface area contributed by atoms with E-state index in [4.69, 9.17) is 25.8 Å². The molecule has 1 aromatic heterocycles. The lowest BCUT2D eigenvalue weighted by Crippen LogP contribution is -2.29. The standard InChI is InChI=1S/C41H47ClN4O3/c1-30-34(11-8-12-36(30)37-13-9-14-39(31(37)2)47-20-10-19-45-15-6-7-16-45)29-49-41-23-40(48-28-33-21-32(24-43)25-44-26-33)35(22-38(41)42)27-46-17-4-3-5-18-46/h8-9,11-14,21-23,25-26H,3-7,10,15-20,27-29H2,1-2H3. The predicted molar refractivity (Wildman–Crippen MR) is 195 cm³/mol. The van der Waals surface area contributed by atoms with Crippen LogP contribution < -0.4 is 14.2 Å². The minimum Gasteiger partial charge on any atom is -0.493 e. The van der Waals surface area contributed by atoms with E-state index in [-0.39, 0.29) is 6.61 Å². The second-order valence-corrected chi connectivity index (χ2v) is 13.7. The smallest absolute Gasteiger partial charge is 0.142 e. The molecule has 8 heteroatoms. The third-order valence-electron chi connectivity index (χ3n) is 9.75. The summed E-state index contributed by atoms with van der Waals surface area (Å²) in [6.07, 6.45) is 10.6. The monoisotopic (exact) mass is 678 g/mol. The van der Waals surface area contributed by atoms with Crippen molar-refractivity contribution in [2.75, 3.05) is 39.3 Å². The predicted octanol–water partition coefficient (Wildman–Crippen LogP) is 8.90. The topological polar surface area (TPSA) is 70.8 Å². The normalized spacial score (nSPS) is 15.2. The van der Waals surface area contributed by atoms with E-state index in [1.165, 1.54) is 56.3 Å². The molecule has 2 aliphatic rings. The molecule has 2 saturated heterocycles. The highest BCUT2D eigenvalue weighted by atomic mass is 35.5. The molecule has 7 nitrogen and oxygen atoms in total. The Morgan fingerprint density at radius 3 is 2.24 bits per heavy atom. The lowest BCUT2D eigenvalue weighted by molar-refractivity contribution is 0.214. The summed E-state index contributed by atoms with van der Waals surface area (Å²) < 4.78 is 19.1. The first-order valence-corrected chi connectivity index (χ1v) is 18.0. The Hall–Kier alpha value is -4.09. The summed E-state index contributed by atoms with van der Waals surface area (Å²) in [5.41, 5.74) is 8.10. The van der Waals surface area contributed by atoms with Crippen LogP contribution in [0, 0.1) is 25.2 Å². The fraction of sp³-hybridized carbons (Fsp3) is 0.415. The summed E-state index contributed by atoms with van der Waals surface area (Å²) in [5.74, 6) is 2.25. The number of hydrogen-bond donors (Lipinski definition) is 0. The van der Waals surface area contributed by atoms with E-state index in [9.17, 15) is 5.26 Å². The molecule has 3 heterocycles. The van der Waals surface area contributed by atoms with Crippen LogP contribution in [0.5, 0.6) is 17.2 Å². The zero-order valence-corrected chi connectivity index (χ0v) is 29.6. The Labute approximate surface area is 296 Å². The molecule has 4 aromatic rings. The molecule has 0 amide bonds. The van der Waals surface area contributed by atoms with Crippen LogP contribution in [0.2, 0.25) is 5.02 Å². The van der Waals surface area contributed by atoms with Crippen molar-refractivity contribution in [3.8, 4) is 34.4 Å². The van der Waals surface area contributed by atoms with E-state index in [1.807, 2.05) is 12.1 Å². The Morgan fingerprint density at radius 1 is 0.735 bits per heavy atom. The van der Waals surface area contributed by atoms with Gasteiger partial charge in [-0.15, -0.1) is 0 Å². The average Bonchev–Trinajstić information content (AvgIpc) is 3.65. The average molecular weight is 679 g/mol. The number of aromatic nitrogens is 1. The van der Waals surface area contributed by atoms with Crippen molar-refractivity contribution in [2.45, 2.75) is 72.1 Å². The Morgan fingerprint density at radius 2 is 1.45 bits per heavy atom. The second kappa shape index (κ2) is 17.0. The van der Waals surface area contributed by atoms with Gasteiger partial charge in [0.05, 0.1) is 17.2 Å². The first kappa shape index (κ1) is 34.8. The molecule has 0 saturated carbocycles. The van der Waals surface area contributed by atoms with E-state index < -0.39 is 0 Å². The third-order valence-corrected chi connectivity index (χ3v) is 10.0. The van der Waals surface area contributed by atoms with Crippen molar-refractivity contribution in [3.63, 3.8) is 0 Å². The molecular weight excluding hydrogens is 632 g/mol. The molecule has 0 spiro atoms. The lowest BCUT2D eigenvalue weighted by atomic mass is 9.93. The minimum absolute atomic E-state index is 0.290. The molecular formula is C41H47ClN4O3. The van der Waals surface area contributed by atoms with Crippen LogP contribution in [0.3, 0.4) is 0 Å². The van der Waals surface area contributed by atoms with Crippen molar-refractivity contribution >= 4 is 11.6 Å². The van der Waals surface area contributed by atoms with Crippen LogP contribution in [0.15, 0.2) is 67.0 Å². The van der Waals surface area contributed by atoms with Gasteiger partial charge in [-0.2, -0.15) is 5.26 Å². The number of hydrogen-bond acceptors (Lipinski definition) is 7. The highest BCUT2D eigenvalue weighted by molar-refractivity contribution is 6.32. The fourth-order valence-electron chi connectivity index (χ4n) is 6.92. The quantitative estimate of drug-likeness (QED) is 0.123. The van der Waals surface area contributed by atoms with Crippen LogP contribution in [-0.2, 0) is 19.8 Å². The number of nitrogens with zero attached hydrogens (tertiary/aromatic N) is 4. The fourth-order valence-corrected chi connectivity index (χ4v) is 7.16. The first-order chi connectivity index (χ1) is 24.0. The molecule has 256 valence electrons. The van der Waals surface area contributed by atoms with Gasteiger partial charge in [-0.25, -0.2) is 0 Å². The zero-order valence-electron chi connectivity index (χ0n) is 28.8. The van der Waals surface area contributed by atoms with Gasteiger partial charge in [0.25, 0.3) is 0 Å². The molecule has 0 N–H and O–H groups in total. The molecule has 0 aliphatic carbocycles. The largest absolute Gasteiger partial charge is 0.493 e. The molecule has 0 atom stereocenters. The van der Waals surface area contributed by atoms with E-state index >= 15 is 0 Å². The van der Waals surface area contributed by atoms with Gasteiger partial charge in [-0.05, 0) is 118 Å². The highest BCUT2D eigenvalue weighted by Gasteiger charge is 2.18. The maximum atomic E-state index is 9.32. The molecule has 0 radical (unpaired) electrons. The zero-order chi connectivity index (χ0) is 34.0. The molecule has 2 aliphatic heterocycles. The summed E-state index contributed by atoms with van der Waals surface area (Å²) >= 11 is 6.87. The molecule has 0 bridgehead atoms. The van der Waals surface area contributed by atoms with Gasteiger partial charge in [0.15, 0.2) is 0 Å². The molecule has 6 rings (SSSR count). The summed E-state index contributed by atoms with van der Waals surface area (Å²) in [7, 11) is 0. The van der Waals surface area contributed by atoms with Gasteiger partial charge in [-0.3, -0.25) is 9.88 Å². The number of piperidine rings is 1. The summed E-state index contributed by atoms with van der Waals surface area (Å²) in [4.78, 5) is 9.17. The summed E-state index contributed by atoms with van der Waals surface area (Å²) in [5, 5.41) is 9.88. The first-order valence-electron chi connectivity index (χ1n) is 17.7. The van der Waals surface area contributed by atoms with Crippen molar-refractivity contribution < 1.29 is 14.2 Å². The van der Waals surface area contributed by atoms with Crippen molar-refractivity contribution in [1.29, 1.82) is 5.26 Å². The molecule has 3 aromatic carbocycles. The van der Waals surface area contributed by atoms with Crippen LogP contribution >= 0.6 is 11.6 Å². The van der Waals surface area contributed by atoms with Crippen LogP contribution in [0.25, 0.3) is 11.1 Å². The lowest BCUT2D eigenvalue weighted by Gasteiger charge is -2.27. The van der Waals surface area contributed by atoms with Gasteiger partial charge >= 0.3 is 0 Å². The third kappa shape index (κ3) is 9.13. The number of likely N-dealkylation sites (tertiary alicyclic amines) is 2. The molecule has 2 fully saturated rings. The van der Waals surface area contributed by atoms with Crippen LogP contribution in [0.4, 0.5) is 0 Å². The Kier molecular flexibility index (Phi) is 12.1. The van der Waals surface area contributed by atoms with E-state index in [0.717, 1.165) is 78.5 Å². The number of ether oxygens (including phenoxy) is 3. The summed E-state index contributed by atoms with van der Waals surface area (Å²) in [6, 6.07) is 20.5. The Bertz CT molecular complexity index is 1760. The van der Waals surface area contributed by atoms with Gasteiger partial charge in [-0.1, -0.05) is 48.4 Å². The SMILES string of the molecule is Cc1c(COc2cc(OCc3cncc(C#N)c3)c(CN3CCCCC3)cc2Cl)cccc1-c1cccc(OCCCN2CCCC2)c1C. The number of rotatable bonds is 14. The van der Waals surface area contributed by atoms with E-state index in [1.54, 1.807) is 18.5 Å². The van der Waals surface area contributed by atoms with Gasteiger partial charge < -0.3 is 19.1 Å². The van der Waals surface area contributed by atoms with Gasteiger partial charge in [0.1, 0.15) is 36.5 Å². The Balaban J connectivity index is 1.17. The molecule has 49 heavy (non-hydrogen) atoms. The number of pyridine rings is 1. The van der Waals surface area contributed by atoms with Crippen LogP contribution in [-0.4, -0.2) is 54.1 Å². The minimum atomic E-state index is 0.290.